The molecular weight excluding hydrogens is 660 g/mol. The number of aromatic nitrogens is 3. The van der Waals surface area contributed by atoms with Crippen molar-refractivity contribution in [3.8, 4) is 17.2 Å². The monoisotopic (exact) mass is 706 g/mol. The van der Waals surface area contributed by atoms with E-state index in [4.69, 9.17) is 23.9 Å². The highest BCUT2D eigenvalue weighted by Crippen LogP contribution is 2.44. The molecule has 2 bridgehead atoms. The maximum atomic E-state index is 14.1. The Balaban J connectivity index is 1.44. The third-order valence-electron chi connectivity index (χ3n) is 9.71. The highest BCUT2D eigenvalue weighted by molar-refractivity contribution is 5.94. The van der Waals surface area contributed by atoms with Crippen molar-refractivity contribution in [3.63, 3.8) is 0 Å². The van der Waals surface area contributed by atoms with E-state index in [-0.39, 0.29) is 69.4 Å². The topological polar surface area (TPSA) is 161 Å². The van der Waals surface area contributed by atoms with Crippen LogP contribution in [0.2, 0.25) is 0 Å². The summed E-state index contributed by atoms with van der Waals surface area (Å²) in [5.74, 6) is 1.43. The minimum Gasteiger partial charge on any atom is -0.493 e. The van der Waals surface area contributed by atoms with Crippen molar-refractivity contribution in [2.24, 2.45) is 5.92 Å². The number of fused-ring (bicyclic) bond motifs is 5. The van der Waals surface area contributed by atoms with E-state index in [2.05, 4.69) is 15.3 Å². The van der Waals surface area contributed by atoms with Gasteiger partial charge in [-0.05, 0) is 31.7 Å². The van der Waals surface area contributed by atoms with Gasteiger partial charge in [-0.15, -0.1) is 0 Å². The first kappa shape index (κ1) is 35.5. The third kappa shape index (κ3) is 7.73. The van der Waals surface area contributed by atoms with Crippen LogP contribution in [0.1, 0.15) is 42.1 Å². The molecule has 6 rings (SSSR count). The Kier molecular flexibility index (Phi) is 11.0. The number of nitrogens with zero attached hydrogens (tertiary/aromatic N) is 7. The van der Waals surface area contributed by atoms with Gasteiger partial charge in [0.2, 0.25) is 17.6 Å². The van der Waals surface area contributed by atoms with Crippen LogP contribution < -0.4 is 24.4 Å². The average Bonchev–Trinajstić information content (AvgIpc) is 3.80. The second kappa shape index (κ2) is 15.7. The number of aryl methyl sites for hydroxylation is 1. The molecule has 3 aliphatic heterocycles. The molecule has 1 unspecified atom stereocenters. The van der Waals surface area contributed by atoms with Crippen molar-refractivity contribution < 1.29 is 38.1 Å². The Hall–Kier alpha value is -5.28. The van der Waals surface area contributed by atoms with Gasteiger partial charge >= 0.3 is 6.09 Å². The van der Waals surface area contributed by atoms with Crippen LogP contribution in [0.25, 0.3) is 10.9 Å². The fourth-order valence-electron chi connectivity index (χ4n) is 6.94. The van der Waals surface area contributed by atoms with Crippen molar-refractivity contribution in [2.45, 2.75) is 39.3 Å². The lowest BCUT2D eigenvalue weighted by Crippen LogP contribution is -2.45. The van der Waals surface area contributed by atoms with Gasteiger partial charge in [0.05, 0.1) is 45.2 Å². The van der Waals surface area contributed by atoms with E-state index in [1.54, 1.807) is 41.0 Å². The molecule has 16 heteroatoms. The number of anilines is 1. The summed E-state index contributed by atoms with van der Waals surface area (Å²) < 4.78 is 23.9. The van der Waals surface area contributed by atoms with Crippen LogP contribution in [-0.4, -0.2) is 134 Å². The van der Waals surface area contributed by atoms with Crippen molar-refractivity contribution in [2.75, 3.05) is 85.2 Å². The molecule has 51 heavy (non-hydrogen) atoms. The fraction of sp³-hybridized carbons (Fsp3) is 0.543. The zero-order valence-electron chi connectivity index (χ0n) is 29.7. The number of nitrogens with one attached hydrogen (secondary N) is 1. The molecule has 16 nitrogen and oxygen atoms in total. The summed E-state index contributed by atoms with van der Waals surface area (Å²) in [6.45, 7) is 5.28. The predicted octanol–water partition coefficient (Wildman–Crippen LogP) is 2.14. The van der Waals surface area contributed by atoms with Gasteiger partial charge in [-0.1, -0.05) is 0 Å². The highest BCUT2D eigenvalue weighted by Gasteiger charge is 2.31. The number of pyridine rings is 1. The number of rotatable bonds is 7. The van der Waals surface area contributed by atoms with E-state index >= 15 is 0 Å². The van der Waals surface area contributed by atoms with Crippen molar-refractivity contribution in [3.05, 3.63) is 35.7 Å². The summed E-state index contributed by atoms with van der Waals surface area (Å²) in [6.07, 6.45) is 4.58. The maximum Gasteiger partial charge on any atom is 0.410 e. The second-order valence-electron chi connectivity index (χ2n) is 12.9. The van der Waals surface area contributed by atoms with Gasteiger partial charge in [-0.25, -0.2) is 9.78 Å². The molecule has 4 amide bonds. The summed E-state index contributed by atoms with van der Waals surface area (Å²) in [4.78, 5) is 65.4. The lowest BCUT2D eigenvalue weighted by molar-refractivity contribution is -0.132. The molecule has 0 saturated carbocycles. The number of benzene rings is 1. The number of methoxy groups -OCH3 is 3. The summed E-state index contributed by atoms with van der Waals surface area (Å²) in [6, 6.07) is 3.77. The number of hydrogen-bond donors (Lipinski definition) is 1. The number of cyclic esters (lactones) is 1. The molecule has 2 fully saturated rings. The molecule has 0 aliphatic carbocycles. The van der Waals surface area contributed by atoms with Gasteiger partial charge in [0.25, 0.3) is 5.91 Å². The number of piperidine rings is 1. The molecule has 0 spiro atoms. The standard InChI is InChI=1S/C35H46N8O8/c1-5-43-21-25(18-37-43)34(46)39-10-8-29(44)36-17-23-7-6-9-41(19-23)33-24(20-40(12-11-39)30(45)22-42-13-14-51-35(42)47)15-26-27(38-33)16-28(48-2)32(50-4)31(26)49-3/h15-16,18,21,23H,5-14,17,19-20,22H2,1-4H3,(H,36,44). The Morgan fingerprint density at radius 2 is 1.80 bits per heavy atom. The third-order valence-corrected chi connectivity index (χ3v) is 9.71. The molecule has 1 atom stereocenters. The zero-order valence-corrected chi connectivity index (χ0v) is 29.7. The van der Waals surface area contributed by atoms with Gasteiger partial charge in [0.1, 0.15) is 19.0 Å². The molecule has 5 heterocycles. The van der Waals surface area contributed by atoms with E-state index < -0.39 is 6.09 Å². The molecule has 1 N–H and O–H groups in total. The van der Waals surface area contributed by atoms with Crippen LogP contribution >= 0.6 is 0 Å². The van der Waals surface area contributed by atoms with Crippen molar-refractivity contribution >= 4 is 40.5 Å². The van der Waals surface area contributed by atoms with E-state index in [1.807, 2.05) is 13.0 Å². The Bertz CT molecular complexity index is 1780. The second-order valence-corrected chi connectivity index (χ2v) is 12.9. The minimum absolute atomic E-state index is 0.105. The van der Waals surface area contributed by atoms with Crippen LogP contribution in [-0.2, 0) is 27.4 Å². The Labute approximate surface area is 296 Å². The van der Waals surface area contributed by atoms with Crippen molar-refractivity contribution in [1.82, 2.24) is 34.8 Å². The van der Waals surface area contributed by atoms with Crippen LogP contribution in [0.3, 0.4) is 0 Å². The number of carbonyl (C=O) groups is 4. The van der Waals surface area contributed by atoms with E-state index in [0.29, 0.717) is 65.7 Å². The first-order chi connectivity index (χ1) is 24.7. The number of carbonyl (C=O) groups excluding carboxylic acids is 4. The molecule has 3 aromatic rings. The average molecular weight is 707 g/mol. The maximum absolute atomic E-state index is 14.1. The summed E-state index contributed by atoms with van der Waals surface area (Å²) in [7, 11) is 4.65. The Morgan fingerprint density at radius 1 is 1.00 bits per heavy atom. The van der Waals surface area contributed by atoms with Gasteiger partial charge in [0, 0.05) is 82.0 Å². The SMILES string of the molecule is CCn1cc(C(=O)N2CCC(=O)NCC3CCCN(C3)c3nc4cc(OC)c(OC)c(OC)c4cc3CN(C(=O)CN3CCOC3=O)CC2)cn1. The van der Waals surface area contributed by atoms with E-state index in [9.17, 15) is 19.2 Å². The van der Waals surface area contributed by atoms with Crippen LogP contribution in [0.4, 0.5) is 10.6 Å². The number of hydrogen-bond acceptors (Lipinski definition) is 11. The summed E-state index contributed by atoms with van der Waals surface area (Å²) in [5, 5.41) is 8.03. The lowest BCUT2D eigenvalue weighted by Gasteiger charge is -2.36. The van der Waals surface area contributed by atoms with Crippen molar-refractivity contribution in [1.29, 1.82) is 0 Å². The first-order valence-corrected chi connectivity index (χ1v) is 17.4. The smallest absolute Gasteiger partial charge is 0.410 e. The highest BCUT2D eigenvalue weighted by atomic mass is 16.6. The predicted molar refractivity (Wildman–Crippen MR) is 186 cm³/mol. The molecule has 2 aromatic heterocycles. The van der Waals surface area contributed by atoms with Gasteiger partial charge in [-0.2, -0.15) is 5.10 Å². The minimum atomic E-state index is -0.546. The Morgan fingerprint density at radius 3 is 2.51 bits per heavy atom. The van der Waals surface area contributed by atoms with E-state index in [0.717, 1.165) is 24.9 Å². The first-order valence-electron chi connectivity index (χ1n) is 17.4. The lowest BCUT2D eigenvalue weighted by atomic mass is 9.97. The molecule has 274 valence electrons. The van der Waals surface area contributed by atoms with Gasteiger partial charge in [-0.3, -0.25) is 24.0 Å². The summed E-state index contributed by atoms with van der Waals surface area (Å²) in [5.41, 5.74) is 1.78. The largest absolute Gasteiger partial charge is 0.493 e. The molecule has 3 aliphatic rings. The normalized spacial score (nSPS) is 18.8. The molecule has 1 aromatic carbocycles. The van der Waals surface area contributed by atoms with Gasteiger partial charge < -0.3 is 39.0 Å². The fourth-order valence-corrected chi connectivity index (χ4v) is 6.94. The van der Waals surface area contributed by atoms with E-state index in [1.165, 1.54) is 18.2 Å². The quantitative estimate of drug-likeness (QED) is 0.384. The van der Waals surface area contributed by atoms with Crippen LogP contribution in [0, 0.1) is 5.92 Å². The molecule has 0 radical (unpaired) electrons. The van der Waals surface area contributed by atoms with Gasteiger partial charge in [0.15, 0.2) is 11.5 Å². The molecular formula is C35H46N8O8. The zero-order chi connectivity index (χ0) is 36.1. The number of amides is 4. The summed E-state index contributed by atoms with van der Waals surface area (Å²) >= 11 is 0. The number of ether oxygens (including phenoxy) is 4. The molecule has 2 saturated heterocycles. The van der Waals surface area contributed by atoms with Crippen LogP contribution in [0.15, 0.2) is 24.5 Å². The van der Waals surface area contributed by atoms with Crippen LogP contribution in [0.5, 0.6) is 17.2 Å².